The minimum Gasteiger partial charge on any atom is -0.350 e. The van der Waals surface area contributed by atoms with Gasteiger partial charge in [-0.2, -0.15) is 0 Å². The molecule has 0 aliphatic heterocycles. The van der Waals surface area contributed by atoms with Crippen molar-refractivity contribution in [1.82, 2.24) is 10.6 Å². The number of hydrogen-bond acceptors (Lipinski definition) is 2. The zero-order valence-corrected chi connectivity index (χ0v) is 16.6. The van der Waals surface area contributed by atoms with E-state index in [2.05, 4.69) is 10.6 Å². The van der Waals surface area contributed by atoms with Gasteiger partial charge in [-0.05, 0) is 69.7 Å². The van der Waals surface area contributed by atoms with Gasteiger partial charge in [0, 0.05) is 23.7 Å². The fourth-order valence-corrected chi connectivity index (χ4v) is 3.34. The number of aryl methyl sites for hydroxylation is 4. The summed E-state index contributed by atoms with van der Waals surface area (Å²) in [6.07, 6.45) is 2.19. The lowest BCUT2D eigenvalue weighted by atomic mass is 10.0. The number of hydrogen-bond donors (Lipinski definition) is 2. The Hall–Kier alpha value is -2.62. The Morgan fingerprint density at radius 1 is 0.889 bits per heavy atom. The normalized spacial score (nSPS) is 14.5. The zero-order chi connectivity index (χ0) is 19.6. The van der Waals surface area contributed by atoms with Crippen LogP contribution < -0.4 is 10.6 Å². The van der Waals surface area contributed by atoms with Crippen LogP contribution in [0.15, 0.2) is 36.4 Å². The predicted molar refractivity (Wildman–Crippen MR) is 108 cm³/mol. The fraction of sp³-hybridized carbons (Fsp3) is 0.391. The highest BCUT2D eigenvalue weighted by molar-refractivity contribution is 5.97. The van der Waals surface area contributed by atoms with E-state index in [1.54, 1.807) is 0 Å². The lowest BCUT2D eigenvalue weighted by Crippen LogP contribution is -2.45. The van der Waals surface area contributed by atoms with Crippen LogP contribution in [-0.2, 0) is 0 Å². The molecule has 2 aromatic carbocycles. The molecule has 1 fully saturated rings. The number of carbonyl (C=O) groups excluding carboxylic acids is 2. The van der Waals surface area contributed by atoms with Crippen LogP contribution in [0.3, 0.4) is 0 Å². The topological polar surface area (TPSA) is 58.2 Å². The molecule has 0 aromatic heterocycles. The van der Waals surface area contributed by atoms with Crippen LogP contribution >= 0.6 is 0 Å². The van der Waals surface area contributed by atoms with Gasteiger partial charge in [0.2, 0.25) is 0 Å². The Morgan fingerprint density at radius 2 is 1.41 bits per heavy atom. The molecule has 1 saturated carbocycles. The molecule has 2 amide bonds. The highest BCUT2D eigenvalue weighted by atomic mass is 16.2. The minimum absolute atomic E-state index is 0.0357. The van der Waals surface area contributed by atoms with Crippen molar-refractivity contribution in [1.29, 1.82) is 0 Å². The first-order valence-corrected chi connectivity index (χ1v) is 9.58. The third kappa shape index (κ3) is 4.76. The average molecular weight is 364 g/mol. The van der Waals surface area contributed by atoms with E-state index in [0.29, 0.717) is 23.6 Å². The van der Waals surface area contributed by atoms with Crippen molar-refractivity contribution in [3.05, 3.63) is 69.8 Å². The van der Waals surface area contributed by atoms with Crippen molar-refractivity contribution in [2.75, 3.05) is 6.54 Å². The van der Waals surface area contributed by atoms with Crippen molar-refractivity contribution >= 4 is 11.8 Å². The number of rotatable bonds is 6. The van der Waals surface area contributed by atoms with Gasteiger partial charge in [-0.3, -0.25) is 9.59 Å². The van der Waals surface area contributed by atoms with Gasteiger partial charge < -0.3 is 10.6 Å². The molecule has 1 aliphatic carbocycles. The van der Waals surface area contributed by atoms with Crippen molar-refractivity contribution in [2.24, 2.45) is 5.92 Å². The molecule has 0 saturated heterocycles. The molecule has 0 spiro atoms. The summed E-state index contributed by atoms with van der Waals surface area (Å²) in [6, 6.07) is 11.7. The van der Waals surface area contributed by atoms with E-state index in [0.717, 1.165) is 35.1 Å². The maximum atomic E-state index is 12.7. The van der Waals surface area contributed by atoms with Gasteiger partial charge in [0.1, 0.15) is 0 Å². The molecule has 3 rings (SSSR count). The van der Waals surface area contributed by atoms with Crippen LogP contribution in [-0.4, -0.2) is 24.4 Å². The molecular weight excluding hydrogens is 336 g/mol. The fourth-order valence-electron chi connectivity index (χ4n) is 3.34. The predicted octanol–water partition coefficient (Wildman–Crippen LogP) is 3.86. The quantitative estimate of drug-likeness (QED) is 0.818. The van der Waals surface area contributed by atoms with Crippen LogP contribution in [0.2, 0.25) is 0 Å². The van der Waals surface area contributed by atoms with Crippen LogP contribution in [0.1, 0.15) is 55.8 Å². The molecule has 4 nitrogen and oxygen atoms in total. The van der Waals surface area contributed by atoms with Crippen LogP contribution in [0.25, 0.3) is 0 Å². The average Bonchev–Trinajstić information content (AvgIpc) is 3.47. The molecule has 1 atom stereocenters. The third-order valence-corrected chi connectivity index (χ3v) is 5.27. The third-order valence-electron chi connectivity index (χ3n) is 5.27. The summed E-state index contributed by atoms with van der Waals surface area (Å²) >= 11 is 0. The van der Waals surface area contributed by atoms with Gasteiger partial charge in [0.25, 0.3) is 11.8 Å². The Bertz CT molecular complexity index is 869. The molecular formula is C23H28N2O2. The van der Waals surface area contributed by atoms with Crippen molar-refractivity contribution < 1.29 is 9.59 Å². The lowest BCUT2D eigenvalue weighted by molar-refractivity contribution is 0.0902. The monoisotopic (exact) mass is 364 g/mol. The first-order valence-electron chi connectivity index (χ1n) is 9.58. The maximum absolute atomic E-state index is 12.7. The number of benzene rings is 2. The molecule has 1 aliphatic rings. The molecule has 2 aromatic rings. The standard InChI is InChI=1S/C23H28N2O2/c1-14-5-7-16(3)19(11-14)22(26)24-13-21(18-9-10-18)25-23(27)20-12-15(2)6-8-17(20)4/h5-8,11-12,18,21H,9-10,13H2,1-4H3,(H,24,26)(H,25,27). The van der Waals surface area contributed by atoms with E-state index in [-0.39, 0.29) is 17.9 Å². The van der Waals surface area contributed by atoms with E-state index >= 15 is 0 Å². The molecule has 2 N–H and O–H groups in total. The van der Waals surface area contributed by atoms with E-state index in [1.807, 2.05) is 64.1 Å². The summed E-state index contributed by atoms with van der Waals surface area (Å²) in [5.41, 5.74) is 5.46. The summed E-state index contributed by atoms with van der Waals surface area (Å²) < 4.78 is 0. The Labute approximate surface area is 161 Å². The van der Waals surface area contributed by atoms with Gasteiger partial charge in [-0.25, -0.2) is 0 Å². The molecule has 142 valence electrons. The summed E-state index contributed by atoms with van der Waals surface area (Å²) in [5.74, 6) is 0.301. The molecule has 0 heterocycles. The SMILES string of the molecule is Cc1ccc(C)c(C(=O)NCC(NC(=O)c2cc(C)ccc2C)C2CC2)c1. The number of amides is 2. The van der Waals surface area contributed by atoms with E-state index in [1.165, 1.54) is 0 Å². The van der Waals surface area contributed by atoms with E-state index < -0.39 is 0 Å². The number of nitrogens with one attached hydrogen (secondary N) is 2. The summed E-state index contributed by atoms with van der Waals surface area (Å²) in [6.45, 7) is 8.30. The largest absolute Gasteiger partial charge is 0.350 e. The second kappa shape index (κ2) is 7.95. The number of carbonyl (C=O) groups is 2. The second-order valence-electron chi connectivity index (χ2n) is 7.76. The first-order chi connectivity index (χ1) is 12.8. The highest BCUT2D eigenvalue weighted by Gasteiger charge is 2.33. The summed E-state index contributed by atoms with van der Waals surface area (Å²) in [7, 11) is 0. The van der Waals surface area contributed by atoms with E-state index in [4.69, 9.17) is 0 Å². The maximum Gasteiger partial charge on any atom is 0.251 e. The first kappa shape index (κ1) is 19.2. The van der Waals surface area contributed by atoms with Gasteiger partial charge in [-0.1, -0.05) is 35.4 Å². The summed E-state index contributed by atoms with van der Waals surface area (Å²) in [4.78, 5) is 25.3. The van der Waals surface area contributed by atoms with Crippen LogP contribution in [0, 0.1) is 33.6 Å². The molecule has 4 heteroatoms. The van der Waals surface area contributed by atoms with Crippen LogP contribution in [0.5, 0.6) is 0 Å². The molecule has 1 unspecified atom stereocenters. The van der Waals surface area contributed by atoms with Crippen molar-refractivity contribution in [3.8, 4) is 0 Å². The zero-order valence-electron chi connectivity index (χ0n) is 16.6. The lowest BCUT2D eigenvalue weighted by Gasteiger charge is -2.20. The van der Waals surface area contributed by atoms with Gasteiger partial charge in [-0.15, -0.1) is 0 Å². The van der Waals surface area contributed by atoms with Crippen LogP contribution in [0.4, 0.5) is 0 Å². The smallest absolute Gasteiger partial charge is 0.251 e. The Balaban J connectivity index is 1.66. The summed E-state index contributed by atoms with van der Waals surface area (Å²) in [5, 5.41) is 6.16. The van der Waals surface area contributed by atoms with E-state index in [9.17, 15) is 9.59 Å². The van der Waals surface area contributed by atoms with Crippen molar-refractivity contribution in [2.45, 2.75) is 46.6 Å². The van der Waals surface area contributed by atoms with Gasteiger partial charge in [0.05, 0.1) is 0 Å². The molecule has 0 bridgehead atoms. The van der Waals surface area contributed by atoms with Gasteiger partial charge in [0.15, 0.2) is 0 Å². The van der Waals surface area contributed by atoms with Gasteiger partial charge >= 0.3 is 0 Å². The highest BCUT2D eigenvalue weighted by Crippen LogP contribution is 2.32. The Kier molecular flexibility index (Phi) is 5.64. The second-order valence-corrected chi connectivity index (χ2v) is 7.76. The Morgan fingerprint density at radius 3 is 1.93 bits per heavy atom. The molecule has 0 radical (unpaired) electrons. The molecule has 27 heavy (non-hydrogen) atoms. The van der Waals surface area contributed by atoms with Crippen molar-refractivity contribution in [3.63, 3.8) is 0 Å². The minimum atomic E-state index is -0.0807.